The predicted octanol–water partition coefficient (Wildman–Crippen LogP) is 1.40. The molecule has 14 heavy (non-hydrogen) atoms. The maximum atomic E-state index is 5.51. The molecule has 3 heteroatoms. The third-order valence-corrected chi connectivity index (χ3v) is 2.21. The lowest BCUT2D eigenvalue weighted by Gasteiger charge is -2.21. The topological polar surface area (TPSA) is 38.5 Å². The van der Waals surface area contributed by atoms with Crippen LogP contribution < -0.4 is 15.4 Å². The van der Waals surface area contributed by atoms with E-state index in [-0.39, 0.29) is 0 Å². The minimum absolute atomic E-state index is 0.646. The molecule has 0 aliphatic rings. The molecule has 0 unspecified atom stereocenters. The van der Waals surface area contributed by atoms with E-state index in [0.717, 1.165) is 18.0 Å². The van der Waals surface area contributed by atoms with Gasteiger partial charge in [-0.1, -0.05) is 6.07 Å². The molecule has 3 nitrogen and oxygen atoms in total. The van der Waals surface area contributed by atoms with Crippen molar-refractivity contribution in [1.29, 1.82) is 0 Å². The summed E-state index contributed by atoms with van der Waals surface area (Å²) in [6.45, 7) is 3.55. The largest absolute Gasteiger partial charge is 0.495 e. The average Bonchev–Trinajstić information content (AvgIpc) is 2.18. The maximum absolute atomic E-state index is 5.51. The van der Waals surface area contributed by atoms with Gasteiger partial charge < -0.3 is 15.4 Å². The van der Waals surface area contributed by atoms with Crippen molar-refractivity contribution in [1.82, 2.24) is 0 Å². The van der Waals surface area contributed by atoms with Gasteiger partial charge >= 0.3 is 0 Å². The number of ether oxygens (including phenoxy) is 1. The van der Waals surface area contributed by atoms with E-state index < -0.39 is 0 Å². The number of hydrogen-bond acceptors (Lipinski definition) is 3. The first kappa shape index (κ1) is 10.9. The van der Waals surface area contributed by atoms with E-state index in [1.54, 1.807) is 7.11 Å². The Kier molecular flexibility index (Phi) is 3.77. The van der Waals surface area contributed by atoms with Crippen LogP contribution in [0.2, 0.25) is 0 Å². The standard InChI is InChI=1S/C11H18N2O/c1-9-4-5-11(14-3)10(8-9)13(2)7-6-12/h4-5,8H,6-7,12H2,1-3H3. The number of methoxy groups -OCH3 is 1. The van der Waals surface area contributed by atoms with Crippen LogP contribution in [0, 0.1) is 6.92 Å². The second kappa shape index (κ2) is 4.86. The molecule has 0 radical (unpaired) electrons. The smallest absolute Gasteiger partial charge is 0.142 e. The molecule has 0 fully saturated rings. The van der Waals surface area contributed by atoms with Gasteiger partial charge in [-0.05, 0) is 24.6 Å². The fraction of sp³-hybridized carbons (Fsp3) is 0.455. The van der Waals surface area contributed by atoms with Gasteiger partial charge in [-0.3, -0.25) is 0 Å². The lowest BCUT2D eigenvalue weighted by molar-refractivity contribution is 0.415. The monoisotopic (exact) mass is 194 g/mol. The number of hydrogen-bond donors (Lipinski definition) is 1. The Morgan fingerprint density at radius 3 is 2.71 bits per heavy atom. The minimum Gasteiger partial charge on any atom is -0.495 e. The number of aryl methyl sites for hydroxylation is 1. The van der Waals surface area contributed by atoms with Crippen molar-refractivity contribution in [3.63, 3.8) is 0 Å². The fourth-order valence-electron chi connectivity index (χ4n) is 1.41. The number of nitrogens with two attached hydrogens (primary N) is 1. The summed E-state index contributed by atoms with van der Waals surface area (Å²) in [7, 11) is 3.70. The van der Waals surface area contributed by atoms with E-state index in [2.05, 4.69) is 17.9 Å². The van der Waals surface area contributed by atoms with Gasteiger partial charge in [-0.25, -0.2) is 0 Å². The number of likely N-dealkylation sites (N-methyl/N-ethyl adjacent to an activating group) is 1. The summed E-state index contributed by atoms with van der Waals surface area (Å²) in [5.41, 5.74) is 7.84. The molecule has 0 spiro atoms. The molecule has 78 valence electrons. The van der Waals surface area contributed by atoms with E-state index in [0.29, 0.717) is 6.54 Å². The van der Waals surface area contributed by atoms with Crippen molar-refractivity contribution in [2.45, 2.75) is 6.92 Å². The van der Waals surface area contributed by atoms with E-state index in [9.17, 15) is 0 Å². The first-order valence-corrected chi connectivity index (χ1v) is 4.75. The molecule has 1 rings (SSSR count). The van der Waals surface area contributed by atoms with Crippen molar-refractivity contribution >= 4 is 5.69 Å². The first-order valence-electron chi connectivity index (χ1n) is 4.75. The quantitative estimate of drug-likeness (QED) is 0.787. The van der Waals surface area contributed by atoms with E-state index in [1.807, 2.05) is 19.2 Å². The van der Waals surface area contributed by atoms with E-state index in [4.69, 9.17) is 10.5 Å². The van der Waals surface area contributed by atoms with Crippen LogP contribution in [0.5, 0.6) is 5.75 Å². The van der Waals surface area contributed by atoms with E-state index in [1.165, 1.54) is 5.56 Å². The Morgan fingerprint density at radius 2 is 2.14 bits per heavy atom. The second-order valence-electron chi connectivity index (χ2n) is 3.39. The third-order valence-electron chi connectivity index (χ3n) is 2.21. The lowest BCUT2D eigenvalue weighted by Crippen LogP contribution is -2.25. The van der Waals surface area contributed by atoms with Gasteiger partial charge in [0.2, 0.25) is 0 Å². The summed E-state index contributed by atoms with van der Waals surface area (Å²) in [6.07, 6.45) is 0. The zero-order chi connectivity index (χ0) is 10.6. The molecular weight excluding hydrogens is 176 g/mol. The Bertz CT molecular complexity index is 299. The van der Waals surface area contributed by atoms with Crippen molar-refractivity contribution < 1.29 is 4.74 Å². The summed E-state index contributed by atoms with van der Waals surface area (Å²) in [6, 6.07) is 6.13. The highest BCUT2D eigenvalue weighted by molar-refractivity contribution is 5.59. The molecule has 0 saturated carbocycles. The highest BCUT2D eigenvalue weighted by Crippen LogP contribution is 2.27. The molecular formula is C11H18N2O. The molecule has 0 aliphatic carbocycles. The van der Waals surface area contributed by atoms with Crippen LogP contribution in [-0.2, 0) is 0 Å². The fourth-order valence-corrected chi connectivity index (χ4v) is 1.41. The first-order chi connectivity index (χ1) is 6.69. The predicted molar refractivity (Wildman–Crippen MR) is 60.1 cm³/mol. The Labute approximate surface area is 85.5 Å². The molecule has 0 aromatic heterocycles. The summed E-state index contributed by atoms with van der Waals surface area (Å²) in [5.74, 6) is 0.895. The molecule has 1 aromatic rings. The molecule has 1 aromatic carbocycles. The van der Waals surface area contributed by atoms with Crippen LogP contribution in [0.4, 0.5) is 5.69 Å². The van der Waals surface area contributed by atoms with Crippen LogP contribution in [0.3, 0.4) is 0 Å². The SMILES string of the molecule is COc1ccc(C)cc1N(C)CCN. The number of benzene rings is 1. The molecule has 0 saturated heterocycles. The van der Waals surface area contributed by atoms with Crippen LogP contribution in [0.25, 0.3) is 0 Å². The molecule has 0 atom stereocenters. The normalized spacial score (nSPS) is 10.0. The van der Waals surface area contributed by atoms with Gasteiger partial charge in [-0.2, -0.15) is 0 Å². The molecule has 0 aliphatic heterocycles. The van der Waals surface area contributed by atoms with Crippen LogP contribution >= 0.6 is 0 Å². The Morgan fingerprint density at radius 1 is 1.43 bits per heavy atom. The zero-order valence-electron chi connectivity index (χ0n) is 9.08. The van der Waals surface area contributed by atoms with Crippen molar-refractivity contribution in [2.24, 2.45) is 5.73 Å². The van der Waals surface area contributed by atoms with E-state index >= 15 is 0 Å². The highest BCUT2D eigenvalue weighted by Gasteiger charge is 2.06. The van der Waals surface area contributed by atoms with Crippen LogP contribution in [-0.4, -0.2) is 27.2 Å². The Hall–Kier alpha value is -1.22. The van der Waals surface area contributed by atoms with Crippen LogP contribution in [0.1, 0.15) is 5.56 Å². The summed E-state index contributed by atoms with van der Waals surface area (Å²) in [4.78, 5) is 2.10. The van der Waals surface area contributed by atoms with Gasteiger partial charge in [0.25, 0.3) is 0 Å². The molecule has 0 amide bonds. The summed E-state index contributed by atoms with van der Waals surface area (Å²) >= 11 is 0. The zero-order valence-corrected chi connectivity index (χ0v) is 9.08. The van der Waals surface area contributed by atoms with Crippen molar-refractivity contribution in [3.8, 4) is 5.75 Å². The number of rotatable bonds is 4. The van der Waals surface area contributed by atoms with Gasteiger partial charge in [0.15, 0.2) is 0 Å². The maximum Gasteiger partial charge on any atom is 0.142 e. The number of nitrogens with zero attached hydrogens (tertiary/aromatic N) is 1. The molecule has 2 N–H and O–H groups in total. The molecule has 0 heterocycles. The van der Waals surface area contributed by atoms with Gasteiger partial charge in [0, 0.05) is 20.1 Å². The Balaban J connectivity index is 2.97. The van der Waals surface area contributed by atoms with Gasteiger partial charge in [-0.15, -0.1) is 0 Å². The highest BCUT2D eigenvalue weighted by atomic mass is 16.5. The molecule has 0 bridgehead atoms. The lowest BCUT2D eigenvalue weighted by atomic mass is 10.2. The summed E-state index contributed by atoms with van der Waals surface area (Å²) in [5, 5.41) is 0. The van der Waals surface area contributed by atoms with Crippen molar-refractivity contribution in [3.05, 3.63) is 23.8 Å². The van der Waals surface area contributed by atoms with Crippen LogP contribution in [0.15, 0.2) is 18.2 Å². The van der Waals surface area contributed by atoms with Crippen molar-refractivity contribution in [2.75, 3.05) is 32.1 Å². The minimum atomic E-state index is 0.646. The number of anilines is 1. The summed E-state index contributed by atoms with van der Waals surface area (Å²) < 4.78 is 5.29. The average molecular weight is 194 g/mol. The van der Waals surface area contributed by atoms with Gasteiger partial charge in [0.1, 0.15) is 5.75 Å². The third kappa shape index (κ3) is 2.39. The second-order valence-corrected chi connectivity index (χ2v) is 3.39. The van der Waals surface area contributed by atoms with Gasteiger partial charge in [0.05, 0.1) is 12.8 Å².